The van der Waals surface area contributed by atoms with Gasteiger partial charge in [-0.15, -0.1) is 0 Å². The minimum Gasteiger partial charge on any atom is -0.351 e. The maximum absolute atomic E-state index is 12.0. The average Bonchev–Trinajstić information content (AvgIpc) is 2.80. The maximum Gasteiger partial charge on any atom is 0.322 e. The molecule has 1 atom stereocenters. The number of nitrogens with one attached hydrogen (secondary N) is 2. The number of rotatable bonds is 4. The number of nitrogens with zero attached hydrogens (tertiary/aromatic N) is 1. The molecule has 1 aromatic carbocycles. The Kier molecular flexibility index (Phi) is 5.48. The molecule has 0 radical (unpaired) electrons. The summed E-state index contributed by atoms with van der Waals surface area (Å²) in [6.45, 7) is -0.157. The Morgan fingerprint density at radius 2 is 1.96 bits per heavy atom. The minimum absolute atomic E-state index is 0.0422. The molecule has 1 aliphatic heterocycles. The Hall–Kier alpha value is -1.80. The number of amides is 3. The average molecular weight is 360 g/mol. The van der Waals surface area contributed by atoms with E-state index in [9.17, 15) is 18.0 Å². The number of carbonyl (C=O) groups excluding carboxylic acids is 2. The van der Waals surface area contributed by atoms with E-state index in [1.807, 2.05) is 0 Å². The van der Waals surface area contributed by atoms with Gasteiger partial charge in [-0.3, -0.25) is 4.79 Å². The number of hydrogen-bond acceptors (Lipinski definition) is 4. The molecule has 126 valence electrons. The van der Waals surface area contributed by atoms with Crippen molar-refractivity contribution in [3.05, 3.63) is 29.3 Å². The summed E-state index contributed by atoms with van der Waals surface area (Å²) in [7, 11) is -1.57. The highest BCUT2D eigenvalue weighted by molar-refractivity contribution is 7.91. The molecule has 0 spiro atoms. The summed E-state index contributed by atoms with van der Waals surface area (Å²) in [5.74, 6) is -0.342. The highest BCUT2D eigenvalue weighted by Gasteiger charge is 2.29. The number of urea groups is 1. The smallest absolute Gasteiger partial charge is 0.322 e. The molecule has 3 amide bonds. The van der Waals surface area contributed by atoms with Crippen LogP contribution in [0.3, 0.4) is 0 Å². The van der Waals surface area contributed by atoms with Crippen LogP contribution in [0.5, 0.6) is 0 Å². The van der Waals surface area contributed by atoms with E-state index in [-0.39, 0.29) is 30.0 Å². The number of anilines is 1. The van der Waals surface area contributed by atoms with Gasteiger partial charge in [-0.05, 0) is 30.7 Å². The van der Waals surface area contributed by atoms with Gasteiger partial charge in [-0.25, -0.2) is 13.2 Å². The Morgan fingerprint density at radius 3 is 2.52 bits per heavy atom. The lowest BCUT2D eigenvalue weighted by Gasteiger charge is -2.19. The van der Waals surface area contributed by atoms with Gasteiger partial charge in [0, 0.05) is 23.8 Å². The molecule has 0 aliphatic carbocycles. The van der Waals surface area contributed by atoms with Crippen molar-refractivity contribution in [1.82, 2.24) is 10.2 Å². The van der Waals surface area contributed by atoms with Crippen LogP contribution < -0.4 is 10.6 Å². The number of likely N-dealkylation sites (N-methyl/N-ethyl adjacent to an activating group) is 1. The van der Waals surface area contributed by atoms with Gasteiger partial charge in [0.1, 0.15) is 6.54 Å². The van der Waals surface area contributed by atoms with E-state index in [2.05, 4.69) is 10.6 Å². The summed E-state index contributed by atoms with van der Waals surface area (Å²) >= 11 is 5.76. The van der Waals surface area contributed by atoms with Gasteiger partial charge in [-0.1, -0.05) is 11.6 Å². The van der Waals surface area contributed by atoms with Crippen LogP contribution in [0.15, 0.2) is 24.3 Å². The largest absolute Gasteiger partial charge is 0.351 e. The molecule has 0 unspecified atom stereocenters. The zero-order chi connectivity index (χ0) is 17.0. The first-order chi connectivity index (χ1) is 10.7. The number of hydrogen-bond donors (Lipinski definition) is 2. The van der Waals surface area contributed by atoms with Gasteiger partial charge in [0.25, 0.3) is 0 Å². The Bertz CT molecular complexity index is 690. The van der Waals surface area contributed by atoms with E-state index in [0.29, 0.717) is 17.1 Å². The van der Waals surface area contributed by atoms with Gasteiger partial charge in [0.05, 0.1) is 11.5 Å². The third-order valence-corrected chi connectivity index (χ3v) is 5.44. The minimum atomic E-state index is -3.05. The van der Waals surface area contributed by atoms with E-state index in [4.69, 9.17) is 11.6 Å². The molecule has 1 fully saturated rings. The summed E-state index contributed by atoms with van der Waals surface area (Å²) in [4.78, 5) is 25.1. The van der Waals surface area contributed by atoms with Crippen molar-refractivity contribution < 1.29 is 18.0 Å². The Labute approximate surface area is 139 Å². The first-order valence-electron chi connectivity index (χ1n) is 7.03. The first-order valence-corrected chi connectivity index (χ1v) is 9.22. The molecule has 23 heavy (non-hydrogen) atoms. The number of carbonyl (C=O) groups is 2. The fourth-order valence-corrected chi connectivity index (χ4v) is 4.02. The van der Waals surface area contributed by atoms with Crippen LogP contribution in [-0.2, 0) is 14.6 Å². The lowest BCUT2D eigenvalue weighted by atomic mass is 10.2. The van der Waals surface area contributed by atoms with Crippen LogP contribution in [-0.4, -0.2) is 56.4 Å². The van der Waals surface area contributed by atoms with Crippen molar-refractivity contribution >= 4 is 39.1 Å². The highest BCUT2D eigenvalue weighted by atomic mass is 35.5. The van der Waals surface area contributed by atoms with Crippen LogP contribution in [0.25, 0.3) is 0 Å². The quantitative estimate of drug-likeness (QED) is 0.841. The molecular formula is C14H18ClN3O4S. The third kappa shape index (κ3) is 5.40. The van der Waals surface area contributed by atoms with Gasteiger partial charge in [0.2, 0.25) is 5.91 Å². The fraction of sp³-hybridized carbons (Fsp3) is 0.429. The maximum atomic E-state index is 12.0. The first kappa shape index (κ1) is 17.6. The van der Waals surface area contributed by atoms with Crippen molar-refractivity contribution in [1.29, 1.82) is 0 Å². The summed E-state index contributed by atoms with van der Waals surface area (Å²) in [5.41, 5.74) is 0.563. The monoisotopic (exact) mass is 359 g/mol. The van der Waals surface area contributed by atoms with Crippen LogP contribution in [0.1, 0.15) is 6.42 Å². The molecule has 1 heterocycles. The Morgan fingerprint density at radius 1 is 1.30 bits per heavy atom. The number of halogens is 1. The van der Waals surface area contributed by atoms with Crippen LogP contribution in [0.4, 0.5) is 10.5 Å². The van der Waals surface area contributed by atoms with Crippen molar-refractivity contribution in [2.45, 2.75) is 12.5 Å². The molecule has 1 aromatic rings. The van der Waals surface area contributed by atoms with E-state index >= 15 is 0 Å². The standard InChI is InChI=1S/C14H18ClN3O4S/c1-18(14(20)17-11-4-2-10(15)3-5-11)8-13(19)16-12-6-7-23(21,22)9-12/h2-5,12H,6-9H2,1H3,(H,16,19)(H,17,20)/t12-/m0/s1. The fourth-order valence-electron chi connectivity index (χ4n) is 2.22. The van der Waals surface area contributed by atoms with E-state index < -0.39 is 15.9 Å². The molecule has 1 aliphatic rings. The van der Waals surface area contributed by atoms with Gasteiger partial charge in [0.15, 0.2) is 9.84 Å². The second-order valence-electron chi connectivity index (χ2n) is 5.46. The third-order valence-electron chi connectivity index (χ3n) is 3.42. The second kappa shape index (κ2) is 7.18. The van der Waals surface area contributed by atoms with E-state index in [0.717, 1.165) is 0 Å². The molecule has 1 saturated heterocycles. The van der Waals surface area contributed by atoms with Crippen LogP contribution in [0.2, 0.25) is 5.02 Å². The van der Waals surface area contributed by atoms with Gasteiger partial charge < -0.3 is 15.5 Å². The predicted octanol–water partition coefficient (Wildman–Crippen LogP) is 1.11. The number of sulfone groups is 1. The summed E-state index contributed by atoms with van der Waals surface area (Å²) < 4.78 is 22.7. The summed E-state index contributed by atoms with van der Waals surface area (Å²) in [6.07, 6.45) is 0.411. The van der Waals surface area contributed by atoms with Crippen molar-refractivity contribution in [2.24, 2.45) is 0 Å². The lowest BCUT2D eigenvalue weighted by Crippen LogP contribution is -2.44. The molecule has 2 N–H and O–H groups in total. The molecule has 0 aromatic heterocycles. The Balaban J connectivity index is 1.81. The zero-order valence-electron chi connectivity index (χ0n) is 12.6. The van der Waals surface area contributed by atoms with E-state index in [1.165, 1.54) is 11.9 Å². The SMILES string of the molecule is CN(CC(=O)N[C@H]1CCS(=O)(=O)C1)C(=O)Nc1ccc(Cl)cc1. The van der Waals surface area contributed by atoms with Crippen LogP contribution in [0, 0.1) is 0 Å². The summed E-state index contributed by atoms with van der Waals surface area (Å²) in [6, 6.07) is 5.77. The van der Waals surface area contributed by atoms with Gasteiger partial charge in [-0.2, -0.15) is 0 Å². The van der Waals surface area contributed by atoms with Crippen molar-refractivity contribution in [2.75, 3.05) is 30.4 Å². The molecular weight excluding hydrogens is 342 g/mol. The zero-order valence-corrected chi connectivity index (χ0v) is 14.2. The molecule has 2 rings (SSSR count). The van der Waals surface area contributed by atoms with Crippen molar-refractivity contribution in [3.63, 3.8) is 0 Å². The summed E-state index contributed by atoms with van der Waals surface area (Å²) in [5, 5.41) is 5.83. The van der Waals surface area contributed by atoms with Crippen molar-refractivity contribution in [3.8, 4) is 0 Å². The normalized spacial score (nSPS) is 19.1. The van der Waals surface area contributed by atoms with E-state index in [1.54, 1.807) is 24.3 Å². The predicted molar refractivity (Wildman–Crippen MR) is 88.3 cm³/mol. The highest BCUT2D eigenvalue weighted by Crippen LogP contribution is 2.14. The second-order valence-corrected chi connectivity index (χ2v) is 8.13. The lowest BCUT2D eigenvalue weighted by molar-refractivity contribution is -0.121. The van der Waals surface area contributed by atoms with Crippen LogP contribution >= 0.6 is 11.6 Å². The molecule has 0 bridgehead atoms. The van der Waals surface area contributed by atoms with Gasteiger partial charge >= 0.3 is 6.03 Å². The number of benzene rings is 1. The molecule has 7 nitrogen and oxygen atoms in total. The topological polar surface area (TPSA) is 95.6 Å². The molecule has 0 saturated carbocycles. The molecule has 9 heteroatoms.